The summed E-state index contributed by atoms with van der Waals surface area (Å²) in [4.78, 5) is 43.7. The normalized spacial score (nSPS) is 31.2. The summed E-state index contributed by atoms with van der Waals surface area (Å²) in [6, 6.07) is 1.31. The zero-order valence-electron chi connectivity index (χ0n) is 16.7. The lowest BCUT2D eigenvalue weighted by Gasteiger charge is -2.32. The molecule has 10 heteroatoms. The predicted octanol–water partition coefficient (Wildman–Crippen LogP) is 0.418. The number of hydrogen-bond acceptors (Lipinski definition) is 7. The minimum atomic E-state index is -1.55. The standard InChI is InChI=1S/C21H19N5O5/c1-30-14-3-2-11-9-26(18(27)15(11)6-14)10-21(19(28)24-20(29)25-21)17-4-12-8-23-13(7-22)5-16(12)31-17/h4-6,8,12,16H,2-3,9-10H2,1H3,(H2,24,25,28,29)/t12?,16?,21-/m0/s1. The maximum Gasteiger partial charge on any atom is 0.322 e. The molecule has 158 valence electrons. The summed E-state index contributed by atoms with van der Waals surface area (Å²) in [5.74, 6) is -0.113. The minimum Gasteiger partial charge on any atom is -0.501 e. The zero-order valence-corrected chi connectivity index (χ0v) is 16.7. The second-order valence-electron chi connectivity index (χ2n) is 7.94. The third-order valence-electron chi connectivity index (χ3n) is 6.12. The monoisotopic (exact) mass is 421 g/mol. The Morgan fingerprint density at radius 2 is 2.19 bits per heavy atom. The van der Waals surface area contributed by atoms with Crippen LogP contribution in [0.4, 0.5) is 4.79 Å². The van der Waals surface area contributed by atoms with Gasteiger partial charge in [-0.2, -0.15) is 5.26 Å². The van der Waals surface area contributed by atoms with E-state index >= 15 is 0 Å². The lowest BCUT2D eigenvalue weighted by molar-refractivity contribution is -0.129. The van der Waals surface area contributed by atoms with Crippen LogP contribution in [0.2, 0.25) is 0 Å². The fourth-order valence-corrected chi connectivity index (χ4v) is 4.50. The summed E-state index contributed by atoms with van der Waals surface area (Å²) in [6.45, 7) is 0.288. The van der Waals surface area contributed by atoms with Crippen molar-refractivity contribution in [2.45, 2.75) is 24.5 Å². The number of nitriles is 1. The number of allylic oxidation sites excluding steroid dienone is 2. The largest absolute Gasteiger partial charge is 0.501 e. The van der Waals surface area contributed by atoms with Crippen LogP contribution in [0, 0.1) is 17.2 Å². The summed E-state index contributed by atoms with van der Waals surface area (Å²) in [6.07, 6.45) is 7.52. The van der Waals surface area contributed by atoms with E-state index < -0.39 is 23.6 Å². The minimum absolute atomic E-state index is 0.0796. The number of carbonyl (C=O) groups is 3. The smallest absolute Gasteiger partial charge is 0.322 e. The Bertz CT molecular complexity index is 1110. The Morgan fingerprint density at radius 1 is 1.35 bits per heavy atom. The molecule has 0 radical (unpaired) electrons. The SMILES string of the molecule is COC1=CC2=C(CC1)CN(C[C@@]1(C3=CC4C=NC(C#N)=CC4O3)NC(=O)NC1=O)C2=O. The second kappa shape index (κ2) is 6.84. The molecule has 0 spiro atoms. The van der Waals surface area contributed by atoms with Crippen molar-refractivity contribution in [2.75, 3.05) is 20.2 Å². The van der Waals surface area contributed by atoms with Crippen LogP contribution < -0.4 is 10.6 Å². The van der Waals surface area contributed by atoms with Gasteiger partial charge in [0.2, 0.25) is 0 Å². The quantitative estimate of drug-likeness (QED) is 0.632. The van der Waals surface area contributed by atoms with Gasteiger partial charge in [-0.1, -0.05) is 0 Å². The summed E-state index contributed by atoms with van der Waals surface area (Å²) >= 11 is 0. The van der Waals surface area contributed by atoms with Gasteiger partial charge in [0.05, 0.1) is 25.3 Å². The van der Waals surface area contributed by atoms with Crippen molar-refractivity contribution in [3.8, 4) is 6.07 Å². The first-order chi connectivity index (χ1) is 14.9. The Balaban J connectivity index is 1.44. The van der Waals surface area contributed by atoms with Gasteiger partial charge >= 0.3 is 6.03 Å². The lowest BCUT2D eigenvalue weighted by Crippen LogP contribution is -2.57. The Labute approximate surface area is 177 Å². The first kappa shape index (κ1) is 19.1. The van der Waals surface area contributed by atoms with Crippen molar-refractivity contribution in [1.29, 1.82) is 5.26 Å². The van der Waals surface area contributed by atoms with Crippen LogP contribution in [0.1, 0.15) is 12.8 Å². The average molecular weight is 421 g/mol. The molecule has 0 aromatic rings. The fraction of sp³-hybridized carbons (Fsp3) is 0.381. The average Bonchev–Trinajstić information content (AvgIpc) is 3.41. The maximum absolute atomic E-state index is 13.1. The molecule has 0 bridgehead atoms. The van der Waals surface area contributed by atoms with E-state index in [1.165, 1.54) is 0 Å². The number of urea groups is 1. The maximum atomic E-state index is 13.1. The van der Waals surface area contributed by atoms with Crippen molar-refractivity contribution < 1.29 is 23.9 Å². The van der Waals surface area contributed by atoms with E-state index in [-0.39, 0.29) is 29.8 Å². The van der Waals surface area contributed by atoms with Crippen LogP contribution in [-0.4, -0.2) is 60.8 Å². The van der Waals surface area contributed by atoms with E-state index in [2.05, 4.69) is 15.6 Å². The van der Waals surface area contributed by atoms with Gasteiger partial charge in [-0.05, 0) is 30.2 Å². The van der Waals surface area contributed by atoms with Gasteiger partial charge in [-0.15, -0.1) is 0 Å². The predicted molar refractivity (Wildman–Crippen MR) is 106 cm³/mol. The van der Waals surface area contributed by atoms with E-state index in [1.807, 2.05) is 6.07 Å². The lowest BCUT2D eigenvalue weighted by atomic mass is 9.94. The molecule has 5 aliphatic rings. The number of imide groups is 1. The van der Waals surface area contributed by atoms with Crippen LogP contribution >= 0.6 is 0 Å². The zero-order chi connectivity index (χ0) is 21.8. The third-order valence-corrected chi connectivity index (χ3v) is 6.12. The molecule has 5 rings (SSSR count). The number of hydrogen-bond donors (Lipinski definition) is 2. The van der Waals surface area contributed by atoms with E-state index in [1.54, 1.807) is 36.5 Å². The highest BCUT2D eigenvalue weighted by atomic mass is 16.5. The molecule has 31 heavy (non-hydrogen) atoms. The molecular formula is C21H19N5O5. The number of fused-ring (bicyclic) bond motifs is 1. The second-order valence-corrected chi connectivity index (χ2v) is 7.94. The highest BCUT2D eigenvalue weighted by molar-refractivity contribution is 6.10. The molecule has 2 N–H and O–H groups in total. The Morgan fingerprint density at radius 3 is 2.90 bits per heavy atom. The highest BCUT2D eigenvalue weighted by Gasteiger charge is 2.55. The van der Waals surface area contributed by atoms with E-state index in [0.717, 1.165) is 11.3 Å². The Hall–Kier alpha value is -3.87. The number of rotatable bonds is 4. The number of amides is 4. The van der Waals surface area contributed by atoms with Gasteiger partial charge in [0.25, 0.3) is 11.8 Å². The molecule has 4 amide bonds. The molecule has 1 aliphatic carbocycles. The summed E-state index contributed by atoms with van der Waals surface area (Å²) in [5, 5.41) is 14.0. The van der Waals surface area contributed by atoms with Crippen LogP contribution in [0.5, 0.6) is 0 Å². The van der Waals surface area contributed by atoms with Crippen molar-refractivity contribution in [3.05, 3.63) is 46.6 Å². The number of aliphatic imine (C=N–C) groups is 1. The van der Waals surface area contributed by atoms with Crippen LogP contribution in [-0.2, 0) is 19.1 Å². The van der Waals surface area contributed by atoms with Gasteiger partial charge in [0.1, 0.15) is 23.6 Å². The van der Waals surface area contributed by atoms with Crippen LogP contribution in [0.3, 0.4) is 0 Å². The van der Waals surface area contributed by atoms with E-state index in [4.69, 9.17) is 14.7 Å². The van der Waals surface area contributed by atoms with Crippen molar-refractivity contribution in [2.24, 2.45) is 10.9 Å². The first-order valence-corrected chi connectivity index (χ1v) is 9.88. The van der Waals surface area contributed by atoms with E-state index in [9.17, 15) is 14.4 Å². The van der Waals surface area contributed by atoms with Crippen molar-refractivity contribution >= 4 is 24.1 Å². The van der Waals surface area contributed by atoms with Crippen LogP contribution in [0.15, 0.2) is 51.6 Å². The Kier molecular flexibility index (Phi) is 4.22. The summed E-state index contributed by atoms with van der Waals surface area (Å²) in [5.41, 5.74) is 0.222. The van der Waals surface area contributed by atoms with Gasteiger partial charge in [-0.3, -0.25) is 14.9 Å². The summed E-state index contributed by atoms with van der Waals surface area (Å²) < 4.78 is 11.3. The fourth-order valence-electron chi connectivity index (χ4n) is 4.50. The number of nitrogens with zero attached hydrogens (tertiary/aromatic N) is 3. The molecule has 1 fully saturated rings. The molecule has 0 aromatic heterocycles. The number of nitrogens with one attached hydrogen (secondary N) is 2. The first-order valence-electron chi connectivity index (χ1n) is 9.88. The molecular weight excluding hydrogens is 402 g/mol. The molecule has 0 saturated carbocycles. The van der Waals surface area contributed by atoms with E-state index in [0.29, 0.717) is 25.0 Å². The van der Waals surface area contributed by atoms with Gasteiger partial charge < -0.3 is 19.7 Å². The molecule has 2 unspecified atom stereocenters. The topological polar surface area (TPSA) is 133 Å². The molecule has 1 saturated heterocycles. The number of methoxy groups -OCH3 is 1. The van der Waals surface area contributed by atoms with Crippen molar-refractivity contribution in [3.63, 3.8) is 0 Å². The number of ether oxygens (including phenoxy) is 2. The summed E-state index contributed by atoms with van der Waals surface area (Å²) in [7, 11) is 1.57. The van der Waals surface area contributed by atoms with Gasteiger partial charge in [0, 0.05) is 24.8 Å². The molecule has 0 aromatic carbocycles. The van der Waals surface area contributed by atoms with Gasteiger partial charge in [-0.25, -0.2) is 9.79 Å². The van der Waals surface area contributed by atoms with Crippen molar-refractivity contribution in [1.82, 2.24) is 15.5 Å². The highest BCUT2D eigenvalue weighted by Crippen LogP contribution is 2.37. The number of carbonyl (C=O) groups excluding carboxylic acids is 3. The van der Waals surface area contributed by atoms with Crippen LogP contribution in [0.25, 0.3) is 0 Å². The third kappa shape index (κ3) is 2.92. The molecule has 3 atom stereocenters. The molecule has 10 nitrogen and oxygen atoms in total. The molecule has 4 aliphatic heterocycles. The molecule has 4 heterocycles. The van der Waals surface area contributed by atoms with Gasteiger partial charge in [0.15, 0.2) is 5.54 Å².